The zero-order valence-corrected chi connectivity index (χ0v) is 17.3. The number of ether oxygens (including phenoxy) is 2. The van der Waals surface area contributed by atoms with E-state index in [1.54, 1.807) is 36.2 Å². The highest BCUT2D eigenvalue weighted by Gasteiger charge is 2.16. The van der Waals surface area contributed by atoms with Crippen molar-refractivity contribution in [2.75, 3.05) is 20.3 Å². The third-order valence-electron chi connectivity index (χ3n) is 4.70. The normalized spacial score (nSPS) is 10.8. The van der Waals surface area contributed by atoms with E-state index in [0.717, 1.165) is 28.2 Å². The molecule has 1 amide bonds. The summed E-state index contributed by atoms with van der Waals surface area (Å²) in [5.41, 5.74) is 3.99. The minimum Gasteiger partial charge on any atom is -0.475 e. The molecule has 0 radical (unpaired) electrons. The number of amides is 1. The molecule has 30 heavy (non-hydrogen) atoms. The maximum absolute atomic E-state index is 13.2. The SMILES string of the molecule is COCCOc1ncccc1CNC(=O)Cc1c(C)nn(-c2ccc(F)cc2)c1C. The predicted molar refractivity (Wildman–Crippen MR) is 110 cm³/mol. The van der Waals surface area contributed by atoms with Gasteiger partial charge in [0.25, 0.3) is 0 Å². The molecule has 0 aliphatic rings. The largest absolute Gasteiger partial charge is 0.475 e. The van der Waals surface area contributed by atoms with Crippen molar-refractivity contribution in [1.82, 2.24) is 20.1 Å². The van der Waals surface area contributed by atoms with Crippen LogP contribution in [0, 0.1) is 19.7 Å². The number of aromatic nitrogens is 3. The molecule has 3 rings (SSSR count). The molecule has 7 nitrogen and oxygen atoms in total. The van der Waals surface area contributed by atoms with E-state index in [-0.39, 0.29) is 18.1 Å². The molecular formula is C22H25FN4O3. The number of carbonyl (C=O) groups is 1. The molecule has 0 fully saturated rings. The van der Waals surface area contributed by atoms with Gasteiger partial charge in [-0.15, -0.1) is 0 Å². The molecule has 8 heteroatoms. The first-order valence-corrected chi connectivity index (χ1v) is 9.63. The fraction of sp³-hybridized carbons (Fsp3) is 0.318. The van der Waals surface area contributed by atoms with Gasteiger partial charge in [0.2, 0.25) is 11.8 Å². The fourth-order valence-corrected chi connectivity index (χ4v) is 3.09. The van der Waals surface area contributed by atoms with E-state index in [9.17, 15) is 9.18 Å². The molecule has 0 saturated carbocycles. The lowest BCUT2D eigenvalue weighted by Gasteiger charge is -2.11. The van der Waals surface area contributed by atoms with Gasteiger partial charge in [-0.05, 0) is 44.2 Å². The van der Waals surface area contributed by atoms with Gasteiger partial charge in [-0.25, -0.2) is 14.1 Å². The van der Waals surface area contributed by atoms with Crippen LogP contribution < -0.4 is 10.1 Å². The Morgan fingerprint density at radius 2 is 1.93 bits per heavy atom. The molecule has 1 aromatic carbocycles. The Morgan fingerprint density at radius 3 is 2.67 bits per heavy atom. The summed E-state index contributed by atoms with van der Waals surface area (Å²) >= 11 is 0. The standard InChI is InChI=1S/C22H25FN4O3/c1-15-20(16(2)27(26-15)19-8-6-18(23)7-9-19)13-21(28)25-14-17-5-4-10-24-22(17)30-12-11-29-3/h4-10H,11-14H2,1-3H3,(H,25,28). The Labute approximate surface area is 174 Å². The Kier molecular flexibility index (Phi) is 7.13. The van der Waals surface area contributed by atoms with Gasteiger partial charge in [-0.2, -0.15) is 5.10 Å². The Bertz CT molecular complexity index is 1000. The third kappa shape index (κ3) is 5.21. The molecular weight excluding hydrogens is 387 g/mol. The van der Waals surface area contributed by atoms with Gasteiger partial charge in [-0.3, -0.25) is 4.79 Å². The molecule has 0 saturated heterocycles. The van der Waals surface area contributed by atoms with Crippen LogP contribution >= 0.6 is 0 Å². The lowest BCUT2D eigenvalue weighted by Crippen LogP contribution is -2.25. The van der Waals surface area contributed by atoms with Crippen molar-refractivity contribution in [3.63, 3.8) is 0 Å². The van der Waals surface area contributed by atoms with Crippen molar-refractivity contribution in [2.24, 2.45) is 0 Å². The van der Waals surface area contributed by atoms with Crippen LogP contribution in [0.1, 0.15) is 22.5 Å². The molecule has 1 N–H and O–H groups in total. The summed E-state index contributed by atoms with van der Waals surface area (Å²) in [6.07, 6.45) is 1.84. The number of pyridine rings is 1. The van der Waals surface area contributed by atoms with Gasteiger partial charge in [0.05, 0.1) is 24.4 Å². The predicted octanol–water partition coefficient (Wildman–Crippen LogP) is 2.91. The second-order valence-corrected chi connectivity index (χ2v) is 6.80. The number of halogens is 1. The van der Waals surface area contributed by atoms with Crippen molar-refractivity contribution < 1.29 is 18.7 Å². The van der Waals surface area contributed by atoms with Crippen molar-refractivity contribution in [3.8, 4) is 11.6 Å². The van der Waals surface area contributed by atoms with Crippen LogP contribution in [0.25, 0.3) is 5.69 Å². The number of nitrogens with zero attached hydrogens (tertiary/aromatic N) is 3. The van der Waals surface area contributed by atoms with Crippen LogP contribution in [0.3, 0.4) is 0 Å². The molecule has 0 unspecified atom stereocenters. The van der Waals surface area contributed by atoms with E-state index in [0.29, 0.717) is 25.6 Å². The van der Waals surface area contributed by atoms with E-state index in [4.69, 9.17) is 9.47 Å². The van der Waals surface area contributed by atoms with Crippen molar-refractivity contribution >= 4 is 5.91 Å². The van der Waals surface area contributed by atoms with Crippen LogP contribution in [0.4, 0.5) is 4.39 Å². The minimum absolute atomic E-state index is 0.133. The van der Waals surface area contributed by atoms with Gasteiger partial charge in [0, 0.05) is 36.7 Å². The zero-order chi connectivity index (χ0) is 21.5. The lowest BCUT2D eigenvalue weighted by molar-refractivity contribution is -0.120. The highest BCUT2D eigenvalue weighted by molar-refractivity contribution is 5.79. The monoisotopic (exact) mass is 412 g/mol. The molecule has 0 spiro atoms. The van der Waals surface area contributed by atoms with Crippen molar-refractivity contribution in [1.29, 1.82) is 0 Å². The number of hydrogen-bond donors (Lipinski definition) is 1. The number of rotatable bonds is 9. The molecule has 3 aromatic rings. The van der Waals surface area contributed by atoms with Gasteiger partial charge in [-0.1, -0.05) is 6.07 Å². The van der Waals surface area contributed by atoms with E-state index in [1.807, 2.05) is 19.9 Å². The smallest absolute Gasteiger partial charge is 0.224 e. The van der Waals surface area contributed by atoms with Gasteiger partial charge in [0.15, 0.2) is 0 Å². The molecule has 0 atom stereocenters. The van der Waals surface area contributed by atoms with Crippen LogP contribution in [-0.4, -0.2) is 41.0 Å². The van der Waals surface area contributed by atoms with E-state index in [2.05, 4.69) is 15.4 Å². The molecule has 0 aliphatic carbocycles. The summed E-state index contributed by atoms with van der Waals surface area (Å²) in [5, 5.41) is 7.42. The van der Waals surface area contributed by atoms with E-state index < -0.39 is 0 Å². The van der Waals surface area contributed by atoms with Crippen LogP contribution in [0.2, 0.25) is 0 Å². The first-order valence-electron chi connectivity index (χ1n) is 9.63. The molecule has 2 heterocycles. The molecule has 0 bridgehead atoms. The maximum Gasteiger partial charge on any atom is 0.224 e. The topological polar surface area (TPSA) is 78.3 Å². The Hall–Kier alpha value is -3.26. The number of carbonyl (C=O) groups excluding carboxylic acids is 1. The first kappa shape index (κ1) is 21.4. The average Bonchev–Trinajstić information content (AvgIpc) is 3.02. The Morgan fingerprint density at radius 1 is 1.17 bits per heavy atom. The number of aryl methyl sites for hydroxylation is 1. The maximum atomic E-state index is 13.2. The van der Waals surface area contributed by atoms with E-state index in [1.165, 1.54) is 12.1 Å². The first-order chi connectivity index (χ1) is 14.5. The summed E-state index contributed by atoms with van der Waals surface area (Å²) < 4.78 is 25.5. The van der Waals surface area contributed by atoms with Gasteiger partial charge in [0.1, 0.15) is 12.4 Å². The average molecular weight is 412 g/mol. The lowest BCUT2D eigenvalue weighted by atomic mass is 10.1. The summed E-state index contributed by atoms with van der Waals surface area (Å²) in [7, 11) is 1.60. The third-order valence-corrected chi connectivity index (χ3v) is 4.70. The molecule has 0 aliphatic heterocycles. The Balaban J connectivity index is 1.65. The quantitative estimate of drug-likeness (QED) is 0.547. The highest BCUT2D eigenvalue weighted by Crippen LogP contribution is 2.19. The number of hydrogen-bond acceptors (Lipinski definition) is 5. The zero-order valence-electron chi connectivity index (χ0n) is 17.3. The summed E-state index contributed by atoms with van der Waals surface area (Å²) in [4.78, 5) is 16.8. The number of methoxy groups -OCH3 is 1. The van der Waals surface area contributed by atoms with Crippen LogP contribution in [0.15, 0.2) is 42.6 Å². The number of nitrogens with one attached hydrogen (secondary N) is 1. The van der Waals surface area contributed by atoms with Crippen LogP contribution in [-0.2, 0) is 22.5 Å². The van der Waals surface area contributed by atoms with Crippen LogP contribution in [0.5, 0.6) is 5.88 Å². The summed E-state index contributed by atoms with van der Waals surface area (Å²) in [5.74, 6) is 0.0405. The second-order valence-electron chi connectivity index (χ2n) is 6.80. The summed E-state index contributed by atoms with van der Waals surface area (Å²) in [6, 6.07) is 9.75. The summed E-state index contributed by atoms with van der Waals surface area (Å²) in [6.45, 7) is 4.90. The van der Waals surface area contributed by atoms with E-state index >= 15 is 0 Å². The fourth-order valence-electron chi connectivity index (χ4n) is 3.09. The second kappa shape index (κ2) is 9.98. The minimum atomic E-state index is -0.305. The van der Waals surface area contributed by atoms with Crippen molar-refractivity contribution in [2.45, 2.75) is 26.8 Å². The molecule has 2 aromatic heterocycles. The highest BCUT2D eigenvalue weighted by atomic mass is 19.1. The molecule has 158 valence electrons. The van der Waals surface area contributed by atoms with Gasteiger partial charge < -0.3 is 14.8 Å². The van der Waals surface area contributed by atoms with Gasteiger partial charge >= 0.3 is 0 Å². The van der Waals surface area contributed by atoms with Crippen molar-refractivity contribution in [3.05, 3.63) is 70.9 Å². The number of benzene rings is 1.